The largest absolute Gasteiger partial charge is 0.316 e. The lowest BCUT2D eigenvalue weighted by Crippen LogP contribution is -2.20. The topological polar surface area (TPSA) is 59.7 Å². The first-order valence-electron chi connectivity index (χ1n) is 9.81. The minimum absolute atomic E-state index is 0.183. The van der Waals surface area contributed by atoms with E-state index in [0.717, 1.165) is 11.3 Å². The standard InChI is InChI=1S/C22H18Cl2F2N6S/c1-13-9-21(30-32(13)11-14-5-6-15(25)10-18(14)24)28-22(33)27-20-7-8-31(29-20)12-16-17(23)3-2-4-19(16)26/h2-10H,11-12H2,1H3,(H2,27,28,29,30,33). The molecule has 2 heterocycles. The minimum atomic E-state index is -0.391. The first kappa shape index (κ1) is 23.2. The van der Waals surface area contributed by atoms with Gasteiger partial charge >= 0.3 is 0 Å². The highest BCUT2D eigenvalue weighted by Gasteiger charge is 2.11. The Labute approximate surface area is 204 Å². The van der Waals surface area contributed by atoms with E-state index in [0.29, 0.717) is 33.8 Å². The third-order valence-corrected chi connectivity index (χ3v) is 5.73. The molecule has 0 bridgehead atoms. The van der Waals surface area contributed by atoms with Crippen LogP contribution in [0, 0.1) is 18.6 Å². The first-order valence-corrected chi connectivity index (χ1v) is 11.0. The van der Waals surface area contributed by atoms with Crippen molar-refractivity contribution < 1.29 is 8.78 Å². The summed E-state index contributed by atoms with van der Waals surface area (Å²) in [5.41, 5.74) is 1.97. The van der Waals surface area contributed by atoms with Gasteiger partial charge in [0.2, 0.25) is 0 Å². The molecule has 4 rings (SSSR count). The van der Waals surface area contributed by atoms with Crippen molar-refractivity contribution in [3.63, 3.8) is 0 Å². The number of nitrogens with one attached hydrogen (secondary N) is 2. The minimum Gasteiger partial charge on any atom is -0.316 e. The number of benzene rings is 2. The summed E-state index contributed by atoms with van der Waals surface area (Å²) in [6.07, 6.45) is 1.69. The lowest BCUT2D eigenvalue weighted by Gasteiger charge is -2.08. The summed E-state index contributed by atoms with van der Waals surface area (Å²) >= 11 is 17.6. The van der Waals surface area contributed by atoms with E-state index in [1.54, 1.807) is 39.8 Å². The second-order valence-corrected chi connectivity index (χ2v) is 8.46. The average molecular weight is 507 g/mol. The van der Waals surface area contributed by atoms with E-state index >= 15 is 0 Å². The number of halogens is 4. The van der Waals surface area contributed by atoms with Crippen LogP contribution in [0.5, 0.6) is 0 Å². The zero-order valence-corrected chi connectivity index (χ0v) is 19.6. The molecule has 2 aromatic heterocycles. The van der Waals surface area contributed by atoms with Crippen molar-refractivity contribution in [3.05, 3.63) is 93.2 Å². The molecule has 6 nitrogen and oxygen atoms in total. The number of rotatable bonds is 6. The average Bonchev–Trinajstić information content (AvgIpc) is 3.32. The molecule has 0 radical (unpaired) electrons. The quantitative estimate of drug-likeness (QED) is 0.320. The van der Waals surface area contributed by atoms with Crippen molar-refractivity contribution in [2.75, 3.05) is 10.6 Å². The molecule has 4 aromatic rings. The van der Waals surface area contributed by atoms with Crippen molar-refractivity contribution in [1.29, 1.82) is 0 Å². The van der Waals surface area contributed by atoms with Crippen LogP contribution in [0.3, 0.4) is 0 Å². The van der Waals surface area contributed by atoms with Gasteiger partial charge < -0.3 is 10.6 Å². The monoisotopic (exact) mass is 506 g/mol. The van der Waals surface area contributed by atoms with E-state index in [-0.39, 0.29) is 17.5 Å². The van der Waals surface area contributed by atoms with E-state index in [1.165, 1.54) is 18.2 Å². The van der Waals surface area contributed by atoms with Gasteiger partial charge in [0.05, 0.1) is 13.1 Å². The molecule has 0 aliphatic carbocycles. The smallest absolute Gasteiger partial charge is 0.177 e. The molecule has 0 fully saturated rings. The van der Waals surface area contributed by atoms with Crippen LogP contribution in [0.2, 0.25) is 10.0 Å². The van der Waals surface area contributed by atoms with E-state index in [9.17, 15) is 8.78 Å². The second kappa shape index (κ2) is 9.86. The zero-order chi connectivity index (χ0) is 23.5. The highest BCUT2D eigenvalue weighted by Crippen LogP contribution is 2.21. The van der Waals surface area contributed by atoms with Crippen LogP contribution in [0.4, 0.5) is 20.4 Å². The van der Waals surface area contributed by atoms with Gasteiger partial charge in [-0.2, -0.15) is 10.2 Å². The van der Waals surface area contributed by atoms with Crippen LogP contribution in [0.15, 0.2) is 54.7 Å². The summed E-state index contributed by atoms with van der Waals surface area (Å²) in [6.45, 7) is 2.46. The van der Waals surface area contributed by atoms with Crippen molar-refractivity contribution in [2.45, 2.75) is 20.0 Å². The van der Waals surface area contributed by atoms with Gasteiger partial charge in [-0.15, -0.1) is 0 Å². The number of aromatic nitrogens is 4. The Kier molecular flexibility index (Phi) is 6.92. The van der Waals surface area contributed by atoms with Crippen LogP contribution in [0.25, 0.3) is 0 Å². The molecule has 0 unspecified atom stereocenters. The number of aryl methyl sites for hydroxylation is 1. The molecule has 33 heavy (non-hydrogen) atoms. The molecule has 0 spiro atoms. The molecule has 2 aromatic carbocycles. The van der Waals surface area contributed by atoms with Crippen LogP contribution in [0.1, 0.15) is 16.8 Å². The molecule has 0 aliphatic heterocycles. The molecule has 0 saturated carbocycles. The summed E-state index contributed by atoms with van der Waals surface area (Å²) < 4.78 is 30.6. The molecule has 11 heteroatoms. The van der Waals surface area contributed by atoms with Gasteiger partial charge in [-0.25, -0.2) is 8.78 Å². The molecule has 0 atom stereocenters. The van der Waals surface area contributed by atoms with Gasteiger partial charge in [-0.1, -0.05) is 35.3 Å². The SMILES string of the molecule is Cc1cc(NC(=S)Nc2ccn(Cc3c(F)cccc3Cl)n2)nn1Cc1ccc(F)cc1Cl. The maximum Gasteiger partial charge on any atom is 0.177 e. The van der Waals surface area contributed by atoms with Crippen LogP contribution >= 0.6 is 35.4 Å². The van der Waals surface area contributed by atoms with Gasteiger partial charge in [-0.05, 0) is 49.0 Å². The molecule has 170 valence electrons. The molecule has 0 amide bonds. The van der Waals surface area contributed by atoms with E-state index in [2.05, 4.69) is 20.8 Å². The molecular weight excluding hydrogens is 489 g/mol. The van der Waals surface area contributed by atoms with Crippen molar-refractivity contribution in [2.24, 2.45) is 0 Å². The maximum atomic E-state index is 14.0. The first-order chi connectivity index (χ1) is 15.8. The van der Waals surface area contributed by atoms with Gasteiger partial charge in [0, 0.05) is 39.6 Å². The Bertz CT molecular complexity index is 1300. The van der Waals surface area contributed by atoms with Gasteiger partial charge in [0.1, 0.15) is 11.6 Å². The molecule has 2 N–H and O–H groups in total. The number of anilines is 2. The highest BCUT2D eigenvalue weighted by atomic mass is 35.5. The Morgan fingerprint density at radius 2 is 1.76 bits per heavy atom. The number of thiocarbonyl (C=S) groups is 1. The predicted octanol–water partition coefficient (Wildman–Crippen LogP) is 5.88. The zero-order valence-electron chi connectivity index (χ0n) is 17.3. The summed E-state index contributed by atoms with van der Waals surface area (Å²) in [7, 11) is 0. The third kappa shape index (κ3) is 5.68. The normalized spacial score (nSPS) is 10.9. The maximum absolute atomic E-state index is 14.0. The molecule has 0 aliphatic rings. The lowest BCUT2D eigenvalue weighted by molar-refractivity contribution is 0.586. The van der Waals surface area contributed by atoms with Gasteiger partial charge in [-0.3, -0.25) is 9.36 Å². The van der Waals surface area contributed by atoms with Crippen molar-refractivity contribution in [1.82, 2.24) is 19.6 Å². The van der Waals surface area contributed by atoms with Crippen LogP contribution in [-0.4, -0.2) is 24.7 Å². The Balaban J connectivity index is 1.38. The number of hydrogen-bond donors (Lipinski definition) is 2. The van der Waals surface area contributed by atoms with Crippen LogP contribution < -0.4 is 10.6 Å². The highest BCUT2D eigenvalue weighted by molar-refractivity contribution is 7.80. The molecule has 0 saturated heterocycles. The summed E-state index contributed by atoms with van der Waals surface area (Å²) in [6, 6.07) is 12.3. The molecular formula is C22H18Cl2F2N6S. The fourth-order valence-electron chi connectivity index (χ4n) is 3.17. The fourth-order valence-corrected chi connectivity index (χ4v) is 3.83. The Morgan fingerprint density at radius 3 is 2.52 bits per heavy atom. The fraction of sp³-hybridized carbons (Fsp3) is 0.136. The van der Waals surface area contributed by atoms with E-state index < -0.39 is 5.82 Å². The van der Waals surface area contributed by atoms with Crippen molar-refractivity contribution >= 4 is 52.2 Å². The van der Waals surface area contributed by atoms with Crippen LogP contribution in [-0.2, 0) is 13.1 Å². The number of hydrogen-bond acceptors (Lipinski definition) is 3. The third-order valence-electron chi connectivity index (χ3n) is 4.82. The van der Waals surface area contributed by atoms with E-state index in [1.807, 2.05) is 13.0 Å². The Hall–Kier alpha value is -3.01. The summed E-state index contributed by atoms with van der Waals surface area (Å²) in [5, 5.41) is 15.8. The number of nitrogens with zero attached hydrogens (tertiary/aromatic N) is 4. The predicted molar refractivity (Wildman–Crippen MR) is 130 cm³/mol. The Morgan fingerprint density at radius 1 is 0.970 bits per heavy atom. The van der Waals surface area contributed by atoms with Crippen molar-refractivity contribution in [3.8, 4) is 0 Å². The summed E-state index contributed by atoms with van der Waals surface area (Å²) in [5.74, 6) is 0.228. The second-order valence-electron chi connectivity index (χ2n) is 7.24. The lowest BCUT2D eigenvalue weighted by atomic mass is 10.2. The van der Waals surface area contributed by atoms with Gasteiger partial charge in [0.15, 0.2) is 16.7 Å². The van der Waals surface area contributed by atoms with E-state index in [4.69, 9.17) is 35.4 Å². The summed E-state index contributed by atoms with van der Waals surface area (Å²) in [4.78, 5) is 0. The van der Waals surface area contributed by atoms with Gasteiger partial charge in [0.25, 0.3) is 0 Å².